The Kier molecular flexibility index (Phi) is 6.19. The van der Waals surface area contributed by atoms with Crippen LogP contribution in [-0.4, -0.2) is 25.0 Å². The molecular weight excluding hydrogens is 308 g/mol. The number of benzene rings is 2. The fraction of sp³-hybridized carbons (Fsp3) is 0.222. The van der Waals surface area contributed by atoms with Crippen molar-refractivity contribution < 1.29 is 19.1 Å². The zero-order chi connectivity index (χ0) is 17.4. The quantitative estimate of drug-likeness (QED) is 0.462. The molecule has 0 saturated heterocycles. The first-order valence-electron chi connectivity index (χ1n) is 7.57. The van der Waals surface area contributed by atoms with Crippen LogP contribution in [0.25, 0.3) is 0 Å². The third-order valence-electron chi connectivity index (χ3n) is 3.02. The fourth-order valence-electron chi connectivity index (χ4n) is 2.03. The Morgan fingerprint density at radius 2 is 1.04 bits per heavy atom. The highest BCUT2D eigenvalue weighted by molar-refractivity contribution is 5.70. The van der Waals surface area contributed by atoms with Gasteiger partial charge in [0.25, 0.3) is 0 Å². The number of ether oxygens (including phenoxy) is 2. The summed E-state index contributed by atoms with van der Waals surface area (Å²) in [4.78, 5) is 21.7. The number of carbonyl (C=O) groups is 2. The summed E-state index contributed by atoms with van der Waals surface area (Å²) in [6.45, 7) is 4.18. The molecule has 2 N–H and O–H groups in total. The van der Waals surface area contributed by atoms with Crippen molar-refractivity contribution >= 4 is 23.3 Å². The van der Waals surface area contributed by atoms with E-state index < -0.39 is 0 Å². The Labute approximate surface area is 140 Å². The molecule has 0 aromatic heterocycles. The molecule has 0 radical (unpaired) electrons. The van der Waals surface area contributed by atoms with Crippen LogP contribution in [0.2, 0.25) is 0 Å². The Morgan fingerprint density at radius 3 is 1.33 bits per heavy atom. The molecule has 0 bridgehead atoms. The molecule has 0 fully saturated rings. The smallest absolute Gasteiger partial charge is 0.308 e. The number of hydrogen-bond donors (Lipinski definition) is 2. The number of carbonyl (C=O) groups excluding carboxylic acids is 2. The van der Waals surface area contributed by atoms with Gasteiger partial charge in [-0.1, -0.05) is 0 Å². The molecule has 6 heteroatoms. The topological polar surface area (TPSA) is 76.7 Å². The minimum atomic E-state index is -0.334. The number of anilines is 2. The molecule has 126 valence electrons. The van der Waals surface area contributed by atoms with Gasteiger partial charge < -0.3 is 20.1 Å². The second kappa shape index (κ2) is 8.57. The number of nitrogens with one attached hydrogen (secondary N) is 2. The van der Waals surface area contributed by atoms with Gasteiger partial charge in [-0.05, 0) is 48.5 Å². The van der Waals surface area contributed by atoms with Crippen LogP contribution in [0.15, 0.2) is 48.5 Å². The molecule has 24 heavy (non-hydrogen) atoms. The highest BCUT2D eigenvalue weighted by atomic mass is 16.5. The van der Waals surface area contributed by atoms with Gasteiger partial charge in [0.05, 0.1) is 0 Å². The molecule has 0 saturated carbocycles. The zero-order valence-electron chi connectivity index (χ0n) is 13.7. The molecule has 2 rings (SSSR count). The first-order valence-corrected chi connectivity index (χ1v) is 7.57. The van der Waals surface area contributed by atoms with Crippen molar-refractivity contribution in [2.45, 2.75) is 13.8 Å². The van der Waals surface area contributed by atoms with Crippen LogP contribution < -0.4 is 20.1 Å². The third-order valence-corrected chi connectivity index (χ3v) is 3.02. The Bertz CT molecular complexity index is 620. The van der Waals surface area contributed by atoms with Crippen molar-refractivity contribution in [3.8, 4) is 11.5 Å². The van der Waals surface area contributed by atoms with Crippen molar-refractivity contribution in [2.24, 2.45) is 0 Å². The lowest BCUT2D eigenvalue weighted by Gasteiger charge is -2.10. The highest BCUT2D eigenvalue weighted by Crippen LogP contribution is 2.17. The van der Waals surface area contributed by atoms with Crippen LogP contribution in [0.1, 0.15) is 13.8 Å². The maximum absolute atomic E-state index is 10.8. The maximum Gasteiger partial charge on any atom is 0.308 e. The van der Waals surface area contributed by atoms with Gasteiger partial charge in [-0.15, -0.1) is 0 Å². The van der Waals surface area contributed by atoms with E-state index in [1.165, 1.54) is 13.8 Å². The van der Waals surface area contributed by atoms with Gasteiger partial charge >= 0.3 is 11.9 Å². The lowest BCUT2D eigenvalue weighted by molar-refractivity contribution is -0.132. The van der Waals surface area contributed by atoms with Crippen molar-refractivity contribution in [1.29, 1.82) is 0 Å². The summed E-state index contributed by atoms with van der Waals surface area (Å²) in [6.07, 6.45) is 0. The van der Waals surface area contributed by atoms with Gasteiger partial charge in [0.1, 0.15) is 11.5 Å². The Hall–Kier alpha value is -3.02. The number of esters is 2. The van der Waals surface area contributed by atoms with Gasteiger partial charge in [0.15, 0.2) is 0 Å². The average Bonchev–Trinajstić information content (AvgIpc) is 2.53. The lowest BCUT2D eigenvalue weighted by atomic mass is 10.3. The van der Waals surface area contributed by atoms with Crippen LogP contribution in [-0.2, 0) is 9.59 Å². The van der Waals surface area contributed by atoms with E-state index in [0.29, 0.717) is 11.5 Å². The van der Waals surface area contributed by atoms with Gasteiger partial charge in [-0.3, -0.25) is 9.59 Å². The Balaban J connectivity index is 1.72. The molecule has 0 aliphatic carbocycles. The van der Waals surface area contributed by atoms with Crippen molar-refractivity contribution in [1.82, 2.24) is 0 Å². The Morgan fingerprint density at radius 1 is 0.708 bits per heavy atom. The van der Waals surface area contributed by atoms with Gasteiger partial charge in [0.2, 0.25) is 0 Å². The second-order valence-electron chi connectivity index (χ2n) is 5.09. The summed E-state index contributed by atoms with van der Waals surface area (Å²) in [7, 11) is 0. The second-order valence-corrected chi connectivity index (χ2v) is 5.09. The minimum absolute atomic E-state index is 0.334. The molecule has 0 unspecified atom stereocenters. The van der Waals surface area contributed by atoms with E-state index in [2.05, 4.69) is 10.6 Å². The predicted octanol–water partition coefficient (Wildman–Crippen LogP) is 3.06. The van der Waals surface area contributed by atoms with Gasteiger partial charge in [-0.2, -0.15) is 0 Å². The normalized spacial score (nSPS) is 9.92. The van der Waals surface area contributed by atoms with Crippen molar-refractivity contribution in [2.75, 3.05) is 23.7 Å². The van der Waals surface area contributed by atoms with Gasteiger partial charge in [-0.25, -0.2) is 0 Å². The summed E-state index contributed by atoms with van der Waals surface area (Å²) in [5.41, 5.74) is 1.89. The summed E-state index contributed by atoms with van der Waals surface area (Å²) in [5, 5.41) is 6.52. The lowest BCUT2D eigenvalue weighted by Crippen LogP contribution is -2.13. The molecule has 2 aromatic rings. The van der Waals surface area contributed by atoms with Gasteiger partial charge in [0, 0.05) is 38.3 Å². The van der Waals surface area contributed by atoms with E-state index in [0.717, 1.165) is 24.5 Å². The van der Waals surface area contributed by atoms with Crippen LogP contribution in [0, 0.1) is 0 Å². The highest BCUT2D eigenvalue weighted by Gasteiger charge is 1.99. The van der Waals surface area contributed by atoms with Crippen LogP contribution in [0.4, 0.5) is 11.4 Å². The van der Waals surface area contributed by atoms with E-state index in [-0.39, 0.29) is 11.9 Å². The monoisotopic (exact) mass is 328 g/mol. The van der Waals surface area contributed by atoms with Crippen LogP contribution in [0.3, 0.4) is 0 Å². The number of rotatable bonds is 7. The summed E-state index contributed by atoms with van der Waals surface area (Å²) in [6, 6.07) is 14.4. The largest absolute Gasteiger partial charge is 0.427 e. The first-order chi connectivity index (χ1) is 11.5. The molecule has 2 aromatic carbocycles. The van der Waals surface area contributed by atoms with E-state index in [1.807, 2.05) is 24.3 Å². The van der Waals surface area contributed by atoms with E-state index in [4.69, 9.17) is 9.47 Å². The number of hydrogen-bond acceptors (Lipinski definition) is 6. The van der Waals surface area contributed by atoms with E-state index in [1.54, 1.807) is 24.3 Å². The zero-order valence-corrected chi connectivity index (χ0v) is 13.7. The molecule has 0 aliphatic rings. The molecular formula is C18H20N2O4. The van der Waals surface area contributed by atoms with Crippen molar-refractivity contribution in [3.63, 3.8) is 0 Å². The molecule has 0 amide bonds. The minimum Gasteiger partial charge on any atom is -0.427 e. The van der Waals surface area contributed by atoms with Crippen molar-refractivity contribution in [3.05, 3.63) is 48.5 Å². The maximum atomic E-state index is 10.8. The van der Waals surface area contributed by atoms with Crippen LogP contribution >= 0.6 is 0 Å². The van der Waals surface area contributed by atoms with E-state index >= 15 is 0 Å². The SMILES string of the molecule is CC(=O)Oc1ccc(NCCNc2ccc(OC(C)=O)cc2)cc1. The summed E-state index contributed by atoms with van der Waals surface area (Å²) in [5.74, 6) is 0.386. The standard InChI is InChI=1S/C18H20N2O4/c1-13(21)23-17-7-3-15(4-8-17)19-11-12-20-16-5-9-18(10-6-16)24-14(2)22/h3-10,19-20H,11-12H2,1-2H3. The first kappa shape index (κ1) is 17.3. The predicted molar refractivity (Wildman–Crippen MR) is 92.5 cm³/mol. The molecule has 0 heterocycles. The fourth-order valence-corrected chi connectivity index (χ4v) is 2.03. The molecule has 0 atom stereocenters. The summed E-state index contributed by atoms with van der Waals surface area (Å²) < 4.78 is 9.95. The molecule has 0 aliphatic heterocycles. The summed E-state index contributed by atoms with van der Waals surface area (Å²) >= 11 is 0. The molecule has 6 nitrogen and oxygen atoms in total. The van der Waals surface area contributed by atoms with Crippen LogP contribution in [0.5, 0.6) is 11.5 Å². The third kappa shape index (κ3) is 6.00. The molecule has 0 spiro atoms. The average molecular weight is 328 g/mol. The van der Waals surface area contributed by atoms with E-state index in [9.17, 15) is 9.59 Å².